The zero-order valence-corrected chi connectivity index (χ0v) is 17.4. The Kier molecular flexibility index (Phi) is 6.67. The van der Waals surface area contributed by atoms with E-state index in [1.165, 1.54) is 6.92 Å². The van der Waals surface area contributed by atoms with Crippen LogP contribution in [0.4, 0.5) is 18.9 Å². The Labute approximate surface area is 178 Å². The first-order chi connectivity index (χ1) is 14.6. The summed E-state index contributed by atoms with van der Waals surface area (Å²) < 4.78 is 39.3. The van der Waals surface area contributed by atoms with E-state index >= 15 is 0 Å². The van der Waals surface area contributed by atoms with Crippen molar-refractivity contribution >= 4 is 17.4 Å². The van der Waals surface area contributed by atoms with E-state index in [2.05, 4.69) is 15.4 Å². The van der Waals surface area contributed by atoms with E-state index in [1.807, 2.05) is 31.4 Å². The first kappa shape index (κ1) is 22.4. The maximum Gasteiger partial charge on any atom is 0.390 e. The van der Waals surface area contributed by atoms with E-state index in [0.29, 0.717) is 29.9 Å². The van der Waals surface area contributed by atoms with Crippen molar-refractivity contribution in [2.75, 3.05) is 19.6 Å². The van der Waals surface area contributed by atoms with Gasteiger partial charge in [-0.1, -0.05) is 12.1 Å². The summed E-state index contributed by atoms with van der Waals surface area (Å²) in [5.41, 5.74) is 9.82. The molecule has 7 nitrogen and oxygen atoms in total. The second kappa shape index (κ2) is 9.23. The summed E-state index contributed by atoms with van der Waals surface area (Å²) >= 11 is 0. The van der Waals surface area contributed by atoms with E-state index in [0.717, 1.165) is 11.1 Å². The van der Waals surface area contributed by atoms with Gasteiger partial charge in [0.1, 0.15) is 5.84 Å². The third-order valence-corrected chi connectivity index (χ3v) is 4.98. The van der Waals surface area contributed by atoms with E-state index in [9.17, 15) is 18.0 Å². The molecule has 1 aromatic carbocycles. The first-order valence-corrected chi connectivity index (χ1v) is 9.84. The van der Waals surface area contributed by atoms with Gasteiger partial charge in [0.05, 0.1) is 24.8 Å². The molecule has 0 unspecified atom stereocenters. The van der Waals surface area contributed by atoms with Gasteiger partial charge in [-0.2, -0.15) is 18.3 Å². The molecule has 3 rings (SSSR count). The molecule has 1 aliphatic heterocycles. The Balaban J connectivity index is 1.87. The van der Waals surface area contributed by atoms with Crippen molar-refractivity contribution in [2.45, 2.75) is 25.9 Å². The van der Waals surface area contributed by atoms with Gasteiger partial charge in [0, 0.05) is 56.5 Å². The lowest BCUT2D eigenvalue weighted by Crippen LogP contribution is -2.41. The summed E-state index contributed by atoms with van der Waals surface area (Å²) in [6.07, 6.45) is -1.20. The largest absolute Gasteiger partial charge is 0.390 e. The van der Waals surface area contributed by atoms with Gasteiger partial charge in [-0.3, -0.25) is 9.48 Å². The molecule has 0 spiro atoms. The number of halogens is 3. The summed E-state index contributed by atoms with van der Waals surface area (Å²) in [4.78, 5) is 17.9. The number of carbonyl (C=O) groups excluding carboxylic acids is 1. The smallest absolute Gasteiger partial charge is 0.388 e. The molecule has 31 heavy (non-hydrogen) atoms. The van der Waals surface area contributed by atoms with Gasteiger partial charge in [-0.15, -0.1) is 0 Å². The molecule has 0 atom stereocenters. The second-order valence-electron chi connectivity index (χ2n) is 7.39. The minimum Gasteiger partial charge on any atom is -0.388 e. The highest BCUT2D eigenvalue weighted by atomic mass is 19.4. The molecule has 166 valence electrons. The molecular weight excluding hydrogens is 409 g/mol. The maximum absolute atomic E-state index is 12.5. The normalized spacial score (nSPS) is 15.4. The van der Waals surface area contributed by atoms with E-state index < -0.39 is 12.6 Å². The predicted molar refractivity (Wildman–Crippen MR) is 112 cm³/mol. The van der Waals surface area contributed by atoms with Crippen molar-refractivity contribution in [1.82, 2.24) is 20.0 Å². The molecule has 0 bridgehead atoms. The van der Waals surface area contributed by atoms with Gasteiger partial charge >= 0.3 is 6.18 Å². The molecular formula is C21H25F3N6O. The predicted octanol–water partition coefficient (Wildman–Crippen LogP) is 3.12. The number of alkyl halides is 3. The lowest BCUT2D eigenvalue weighted by atomic mass is 10.0. The SMILES string of the molecule is CC(=O)N1CCC(NCCC(F)(F)F)=C(C(N)=Nc2cccc(-c3cnn(C)c3)c2)C1. The van der Waals surface area contributed by atoms with Crippen molar-refractivity contribution in [3.05, 3.63) is 47.9 Å². The van der Waals surface area contributed by atoms with Gasteiger partial charge in [-0.05, 0) is 17.7 Å². The van der Waals surface area contributed by atoms with Crippen LogP contribution in [0.3, 0.4) is 0 Å². The molecule has 2 heterocycles. The molecule has 2 aromatic rings. The summed E-state index contributed by atoms with van der Waals surface area (Å²) in [6, 6.07) is 7.41. The number of aryl methyl sites for hydroxylation is 1. The Morgan fingerprint density at radius 2 is 2.10 bits per heavy atom. The zero-order chi connectivity index (χ0) is 22.6. The summed E-state index contributed by atoms with van der Waals surface area (Å²) in [7, 11) is 1.83. The van der Waals surface area contributed by atoms with Gasteiger partial charge in [-0.25, -0.2) is 4.99 Å². The molecule has 0 saturated carbocycles. The molecule has 0 fully saturated rings. The van der Waals surface area contributed by atoms with Crippen LogP contribution >= 0.6 is 0 Å². The number of hydrogen-bond donors (Lipinski definition) is 2. The van der Waals surface area contributed by atoms with Crippen LogP contribution in [0.1, 0.15) is 19.8 Å². The van der Waals surface area contributed by atoms with Crippen LogP contribution in [0.5, 0.6) is 0 Å². The Hall–Kier alpha value is -3.30. The zero-order valence-electron chi connectivity index (χ0n) is 17.4. The van der Waals surface area contributed by atoms with Crippen LogP contribution in [0, 0.1) is 0 Å². The van der Waals surface area contributed by atoms with E-state index in [-0.39, 0.29) is 24.8 Å². The third kappa shape index (κ3) is 6.09. The number of carbonyl (C=O) groups is 1. The fourth-order valence-corrected chi connectivity index (χ4v) is 3.35. The lowest BCUT2D eigenvalue weighted by molar-refractivity contribution is -0.133. The summed E-state index contributed by atoms with van der Waals surface area (Å²) in [6.45, 7) is 1.80. The number of rotatable bonds is 6. The van der Waals surface area contributed by atoms with Crippen LogP contribution in [0.25, 0.3) is 11.1 Å². The number of nitrogens with zero attached hydrogens (tertiary/aromatic N) is 4. The number of aromatic nitrogens is 2. The third-order valence-electron chi connectivity index (χ3n) is 4.98. The van der Waals surface area contributed by atoms with Crippen molar-refractivity contribution in [1.29, 1.82) is 0 Å². The average Bonchev–Trinajstić information content (AvgIpc) is 3.13. The number of nitrogens with two attached hydrogens (primary N) is 1. The molecule has 1 amide bonds. The Morgan fingerprint density at radius 1 is 1.32 bits per heavy atom. The summed E-state index contributed by atoms with van der Waals surface area (Å²) in [5, 5.41) is 7.00. The van der Waals surface area contributed by atoms with Crippen LogP contribution < -0.4 is 11.1 Å². The van der Waals surface area contributed by atoms with Gasteiger partial charge in [0.2, 0.25) is 5.91 Å². The molecule has 0 aliphatic carbocycles. The van der Waals surface area contributed by atoms with Crippen LogP contribution in [-0.2, 0) is 11.8 Å². The van der Waals surface area contributed by atoms with E-state index in [1.54, 1.807) is 21.8 Å². The molecule has 1 aromatic heterocycles. The van der Waals surface area contributed by atoms with Crippen molar-refractivity contribution in [2.24, 2.45) is 17.8 Å². The average molecular weight is 434 g/mol. The van der Waals surface area contributed by atoms with Gasteiger partial charge in [0.25, 0.3) is 0 Å². The quantitative estimate of drug-likeness (QED) is 0.540. The van der Waals surface area contributed by atoms with Crippen LogP contribution in [-0.4, -0.2) is 52.2 Å². The first-order valence-electron chi connectivity index (χ1n) is 9.84. The fourth-order valence-electron chi connectivity index (χ4n) is 3.35. The fraction of sp³-hybridized carbons (Fsp3) is 0.381. The lowest BCUT2D eigenvalue weighted by Gasteiger charge is -2.30. The van der Waals surface area contributed by atoms with Crippen molar-refractivity contribution in [3.8, 4) is 11.1 Å². The van der Waals surface area contributed by atoms with Crippen molar-refractivity contribution < 1.29 is 18.0 Å². The van der Waals surface area contributed by atoms with Crippen LogP contribution in [0.2, 0.25) is 0 Å². The number of amidine groups is 1. The monoisotopic (exact) mass is 434 g/mol. The number of aliphatic imine (C=N–C) groups is 1. The Bertz CT molecular complexity index is 1010. The van der Waals surface area contributed by atoms with Crippen molar-refractivity contribution in [3.63, 3.8) is 0 Å². The highest BCUT2D eigenvalue weighted by molar-refractivity contribution is 6.00. The molecule has 0 saturated heterocycles. The molecule has 3 N–H and O–H groups in total. The minimum absolute atomic E-state index is 0.127. The van der Waals surface area contributed by atoms with E-state index in [4.69, 9.17) is 5.73 Å². The molecule has 0 radical (unpaired) electrons. The molecule has 1 aliphatic rings. The standard InChI is InChI=1S/C21H25F3N6O/c1-14(31)30-9-6-19(26-8-7-21(22,23)24)18(13-30)20(25)28-17-5-3-4-15(10-17)16-11-27-29(2)12-16/h3-5,10-12,26H,6-9,13H2,1-2H3,(H2,25,28). The number of amides is 1. The number of hydrogen-bond acceptors (Lipinski definition) is 4. The van der Waals surface area contributed by atoms with Crippen LogP contribution in [0.15, 0.2) is 52.9 Å². The topological polar surface area (TPSA) is 88.5 Å². The number of benzene rings is 1. The summed E-state index contributed by atoms with van der Waals surface area (Å²) in [5.74, 6) is 0.0435. The highest BCUT2D eigenvalue weighted by Crippen LogP contribution is 2.25. The molecule has 10 heteroatoms. The highest BCUT2D eigenvalue weighted by Gasteiger charge is 2.28. The maximum atomic E-state index is 12.5. The Morgan fingerprint density at radius 3 is 2.74 bits per heavy atom. The number of nitrogens with one attached hydrogen (secondary N) is 1. The minimum atomic E-state index is -4.25. The second-order valence-corrected chi connectivity index (χ2v) is 7.39. The van der Waals surface area contributed by atoms with Gasteiger partial charge in [0.15, 0.2) is 0 Å². The van der Waals surface area contributed by atoms with Gasteiger partial charge < -0.3 is 16.0 Å².